The van der Waals surface area contributed by atoms with Crippen LogP contribution in [-0.2, 0) is 5.41 Å². The van der Waals surface area contributed by atoms with Crippen LogP contribution in [0.5, 0.6) is 0 Å². The lowest BCUT2D eigenvalue weighted by atomic mass is 9.78. The number of aromatic nitrogens is 1. The summed E-state index contributed by atoms with van der Waals surface area (Å²) in [5.41, 5.74) is 7.64. The Bertz CT molecular complexity index is 1110. The van der Waals surface area contributed by atoms with Crippen molar-refractivity contribution >= 4 is 17.2 Å². The molecule has 2 aromatic carbocycles. The van der Waals surface area contributed by atoms with E-state index in [0.717, 1.165) is 17.9 Å². The predicted octanol–water partition coefficient (Wildman–Crippen LogP) is 7.84. The minimum absolute atomic E-state index is 0.0120. The van der Waals surface area contributed by atoms with Crippen LogP contribution in [-0.4, -0.2) is 17.0 Å². The van der Waals surface area contributed by atoms with Crippen LogP contribution in [0.1, 0.15) is 72.9 Å². The summed E-state index contributed by atoms with van der Waals surface area (Å²) < 4.78 is 0. The minimum Gasteiger partial charge on any atom is -0.300 e. The van der Waals surface area contributed by atoms with Crippen molar-refractivity contribution in [2.24, 2.45) is 5.10 Å². The summed E-state index contributed by atoms with van der Waals surface area (Å²) in [6.07, 6.45) is 4.88. The lowest BCUT2D eigenvalue weighted by molar-refractivity contribution is 0.386. The molecule has 0 amide bonds. The first-order valence-electron chi connectivity index (χ1n) is 12.5. The van der Waals surface area contributed by atoms with E-state index < -0.39 is 0 Å². The molecule has 0 radical (unpaired) electrons. The van der Waals surface area contributed by atoms with Gasteiger partial charge in [0, 0.05) is 28.9 Å². The quantitative estimate of drug-likeness (QED) is 0.405. The van der Waals surface area contributed by atoms with Gasteiger partial charge in [-0.15, -0.1) is 0 Å². The lowest BCUT2D eigenvalue weighted by Crippen LogP contribution is -2.50. The molecule has 3 aliphatic rings. The fourth-order valence-electron chi connectivity index (χ4n) is 5.00. The first kappa shape index (κ1) is 24.5. The van der Waals surface area contributed by atoms with Gasteiger partial charge >= 0.3 is 0 Å². The Morgan fingerprint density at radius 1 is 0.788 bits per heavy atom. The van der Waals surface area contributed by atoms with Gasteiger partial charge in [0.25, 0.3) is 0 Å². The van der Waals surface area contributed by atoms with Crippen molar-refractivity contribution in [2.45, 2.75) is 73.4 Å². The molecule has 0 fully saturated rings. The van der Waals surface area contributed by atoms with E-state index in [1.54, 1.807) is 0 Å². The van der Waals surface area contributed by atoms with Gasteiger partial charge in [-0.05, 0) is 29.7 Å². The predicted molar refractivity (Wildman–Crippen MR) is 143 cm³/mol. The number of benzene rings is 2. The van der Waals surface area contributed by atoms with Crippen LogP contribution >= 0.6 is 0 Å². The molecule has 0 N–H and O–H groups in total. The largest absolute Gasteiger partial charge is 0.300 e. The van der Waals surface area contributed by atoms with Gasteiger partial charge in [-0.1, -0.05) is 97.9 Å². The molecule has 4 nitrogen and oxygen atoms in total. The molecule has 3 aromatic rings. The second-order valence-electron chi connectivity index (χ2n) is 7.74. The molecule has 0 aliphatic carbocycles. The maximum absolute atomic E-state index is 5.14. The molecular formula is C29H38N4. The highest BCUT2D eigenvalue weighted by Gasteiger charge is 2.57. The van der Waals surface area contributed by atoms with E-state index in [2.05, 4.69) is 71.2 Å². The van der Waals surface area contributed by atoms with Crippen molar-refractivity contribution in [1.29, 1.82) is 0 Å². The lowest BCUT2D eigenvalue weighted by Gasteiger charge is -2.37. The first-order chi connectivity index (χ1) is 16.2. The molecule has 4 heteroatoms. The van der Waals surface area contributed by atoms with E-state index in [0.29, 0.717) is 0 Å². The third-order valence-corrected chi connectivity index (χ3v) is 6.49. The summed E-state index contributed by atoms with van der Waals surface area (Å²) in [5.74, 6) is 1.06. The molecule has 2 unspecified atom stereocenters. The van der Waals surface area contributed by atoms with E-state index in [1.165, 1.54) is 27.9 Å². The summed E-state index contributed by atoms with van der Waals surface area (Å²) in [5, 5.41) is 7.34. The smallest absolute Gasteiger partial charge is 0.163 e. The Kier molecular flexibility index (Phi) is 7.57. The second kappa shape index (κ2) is 10.2. The maximum atomic E-state index is 5.14. The summed E-state index contributed by atoms with van der Waals surface area (Å²) in [6, 6.07) is 19.5. The Morgan fingerprint density at radius 3 is 2.03 bits per heavy atom. The fourth-order valence-corrected chi connectivity index (χ4v) is 5.00. The topological polar surface area (TPSA) is 31.7 Å². The molecule has 0 saturated heterocycles. The number of nitrogens with zero attached hydrogens (tertiary/aromatic N) is 4. The molecule has 2 atom stereocenters. The van der Waals surface area contributed by atoms with Gasteiger partial charge in [0.2, 0.25) is 0 Å². The Labute approximate surface area is 200 Å². The van der Waals surface area contributed by atoms with Crippen molar-refractivity contribution in [2.75, 3.05) is 9.91 Å². The summed E-state index contributed by atoms with van der Waals surface area (Å²) in [4.78, 5) is 6.66. The van der Waals surface area contributed by atoms with Crippen molar-refractivity contribution in [3.05, 3.63) is 78.1 Å². The van der Waals surface area contributed by atoms with Gasteiger partial charge in [-0.25, -0.2) is 5.01 Å². The molecule has 174 valence electrons. The zero-order valence-electron chi connectivity index (χ0n) is 21.4. The summed E-state index contributed by atoms with van der Waals surface area (Å²) in [7, 11) is 0. The highest BCUT2D eigenvalue weighted by molar-refractivity contribution is 6.22. The molecule has 4 heterocycles. The molecule has 0 saturated carbocycles. The number of hydrogen-bond acceptors (Lipinski definition) is 4. The van der Waals surface area contributed by atoms with E-state index in [1.807, 2.05) is 66.1 Å². The van der Waals surface area contributed by atoms with Crippen LogP contribution in [0.15, 0.2) is 72.1 Å². The van der Waals surface area contributed by atoms with Gasteiger partial charge in [-0.3, -0.25) is 9.88 Å². The number of hydrazone groups is 1. The summed E-state index contributed by atoms with van der Waals surface area (Å²) >= 11 is 0. The SMILES string of the molecule is CC.CC.CC.CCC1(C)c2cccc3c2N2C(=NN(c4ccncc4)C21)c1ccccc1-3. The van der Waals surface area contributed by atoms with Gasteiger partial charge in [-0.2, -0.15) is 5.10 Å². The Hall–Kier alpha value is -3.14. The summed E-state index contributed by atoms with van der Waals surface area (Å²) in [6.45, 7) is 16.7. The molecule has 0 bridgehead atoms. The number of rotatable bonds is 2. The van der Waals surface area contributed by atoms with Crippen LogP contribution in [0.2, 0.25) is 0 Å². The third-order valence-electron chi connectivity index (χ3n) is 6.49. The Balaban J connectivity index is 0.000000475. The van der Waals surface area contributed by atoms with E-state index >= 15 is 0 Å². The van der Waals surface area contributed by atoms with Crippen molar-refractivity contribution in [1.82, 2.24) is 4.98 Å². The number of fused-ring (bicyclic) bond motifs is 3. The molecule has 1 aromatic heterocycles. The van der Waals surface area contributed by atoms with Gasteiger partial charge < -0.3 is 0 Å². The molecule has 33 heavy (non-hydrogen) atoms. The zero-order valence-corrected chi connectivity index (χ0v) is 21.4. The monoisotopic (exact) mass is 442 g/mol. The van der Waals surface area contributed by atoms with Crippen LogP contribution in [0.4, 0.5) is 11.4 Å². The van der Waals surface area contributed by atoms with Crippen LogP contribution in [0, 0.1) is 0 Å². The minimum atomic E-state index is -0.0120. The van der Waals surface area contributed by atoms with E-state index in [4.69, 9.17) is 5.10 Å². The van der Waals surface area contributed by atoms with Gasteiger partial charge in [0.15, 0.2) is 5.84 Å². The molecule has 6 rings (SSSR count). The first-order valence-corrected chi connectivity index (χ1v) is 12.5. The maximum Gasteiger partial charge on any atom is 0.163 e. The van der Waals surface area contributed by atoms with Gasteiger partial charge in [0.1, 0.15) is 6.17 Å². The average molecular weight is 443 g/mol. The average Bonchev–Trinajstić information content (AvgIpc) is 3.44. The number of para-hydroxylation sites is 1. The standard InChI is InChI=1S/C23H20N4.3C2H6/c1-3-23(2)19-10-6-9-17-16-7-4-5-8-18(16)21-25-27(15-11-13-24-14-12-15)22(23)26(21)20(17)19;3*1-2/h4-14,22H,3H2,1-2H3;3*1-2H3. The van der Waals surface area contributed by atoms with Crippen molar-refractivity contribution in [3.8, 4) is 11.1 Å². The second-order valence-corrected chi connectivity index (χ2v) is 7.74. The number of hydrogen-bond donors (Lipinski definition) is 0. The zero-order chi connectivity index (χ0) is 24.2. The number of amidine groups is 1. The van der Waals surface area contributed by atoms with Crippen LogP contribution in [0.3, 0.4) is 0 Å². The normalized spacial score (nSPS) is 20.1. The van der Waals surface area contributed by atoms with Gasteiger partial charge in [0.05, 0.1) is 11.4 Å². The Morgan fingerprint density at radius 2 is 1.39 bits per heavy atom. The van der Waals surface area contributed by atoms with Crippen molar-refractivity contribution in [3.63, 3.8) is 0 Å². The van der Waals surface area contributed by atoms with Crippen LogP contribution in [0.25, 0.3) is 11.1 Å². The molecular weight excluding hydrogens is 404 g/mol. The molecule has 3 aliphatic heterocycles. The number of pyridine rings is 1. The number of anilines is 2. The highest BCUT2D eigenvalue weighted by Crippen LogP contribution is 2.57. The van der Waals surface area contributed by atoms with E-state index in [-0.39, 0.29) is 11.6 Å². The molecule has 0 spiro atoms. The van der Waals surface area contributed by atoms with Crippen molar-refractivity contribution < 1.29 is 0 Å². The fraction of sp³-hybridized carbons (Fsp3) is 0.379. The highest BCUT2D eigenvalue weighted by atomic mass is 15.6. The third kappa shape index (κ3) is 3.52. The van der Waals surface area contributed by atoms with Crippen LogP contribution < -0.4 is 9.91 Å². The van der Waals surface area contributed by atoms with E-state index in [9.17, 15) is 0 Å².